The Kier molecular flexibility index (Phi) is 13.0. The molecule has 0 N–H and O–H groups in total. The van der Waals surface area contributed by atoms with Crippen LogP contribution in [-0.4, -0.2) is 30.8 Å². The zero-order valence-electron chi connectivity index (χ0n) is 15.1. The van der Waals surface area contributed by atoms with Crippen LogP contribution < -0.4 is 0 Å². The Balaban J connectivity index is 3.44. The molecule has 0 aromatic heterocycles. The molecule has 0 unspecified atom stereocenters. The van der Waals surface area contributed by atoms with Crippen LogP contribution in [0.3, 0.4) is 0 Å². The number of alkyl halides is 2. The summed E-state index contributed by atoms with van der Waals surface area (Å²) < 4.78 is 60.5. The second kappa shape index (κ2) is 13.4. The Bertz CT molecular complexity index is 452. The van der Waals surface area contributed by atoms with E-state index in [1.165, 1.54) is 51.4 Å². The first-order chi connectivity index (χ1) is 11.7. The van der Waals surface area contributed by atoms with E-state index in [1.807, 2.05) is 0 Å². The molecule has 0 aliphatic rings. The van der Waals surface area contributed by atoms with Crippen molar-refractivity contribution < 1.29 is 31.3 Å². The summed E-state index contributed by atoms with van der Waals surface area (Å²) in [5, 5.41) is -5.01. The molecule has 0 saturated carbocycles. The van der Waals surface area contributed by atoms with Crippen LogP contribution in [0, 0.1) is 0 Å². The molecule has 150 valence electrons. The van der Waals surface area contributed by atoms with E-state index in [1.54, 1.807) is 0 Å². The summed E-state index contributed by atoms with van der Waals surface area (Å²) in [5.41, 5.74) is 0. The van der Waals surface area contributed by atoms with Crippen molar-refractivity contribution in [3.63, 3.8) is 0 Å². The number of rotatable bonds is 16. The standard InChI is InChI=1S/C17H32F2O5S/c1-2-3-4-5-6-7-8-9-10-11-12-13-14-15-24-16(20)17(18,19)25(21,22)23/h2-15H2,1H3,(H,21,22,23)/p-1. The van der Waals surface area contributed by atoms with E-state index in [2.05, 4.69) is 11.7 Å². The zero-order chi connectivity index (χ0) is 19.2. The molecule has 0 aliphatic carbocycles. The maximum Gasteiger partial charge on any atom is 0.428 e. The zero-order valence-corrected chi connectivity index (χ0v) is 15.9. The summed E-state index contributed by atoms with van der Waals surface area (Å²) in [6, 6.07) is 0. The van der Waals surface area contributed by atoms with Crippen LogP contribution in [0.4, 0.5) is 8.78 Å². The Morgan fingerprint density at radius 3 is 1.56 bits per heavy atom. The molecule has 0 saturated heterocycles. The highest BCUT2D eigenvalue weighted by atomic mass is 32.2. The normalized spacial score (nSPS) is 12.3. The van der Waals surface area contributed by atoms with Crippen molar-refractivity contribution in [3.8, 4) is 0 Å². The van der Waals surface area contributed by atoms with E-state index in [-0.39, 0.29) is 6.61 Å². The monoisotopic (exact) mass is 385 g/mol. The minimum Gasteiger partial charge on any atom is -0.743 e. The van der Waals surface area contributed by atoms with Crippen molar-refractivity contribution in [2.45, 2.75) is 95.6 Å². The number of esters is 1. The van der Waals surface area contributed by atoms with Gasteiger partial charge in [0, 0.05) is 0 Å². The van der Waals surface area contributed by atoms with E-state index in [0.717, 1.165) is 19.3 Å². The van der Waals surface area contributed by atoms with Crippen molar-refractivity contribution in [2.75, 3.05) is 6.61 Å². The van der Waals surface area contributed by atoms with Crippen LogP contribution in [0.5, 0.6) is 0 Å². The van der Waals surface area contributed by atoms with Gasteiger partial charge in [-0.3, -0.25) is 0 Å². The van der Waals surface area contributed by atoms with E-state index >= 15 is 0 Å². The summed E-state index contributed by atoms with van der Waals surface area (Å²) in [6.07, 6.45) is 14.4. The smallest absolute Gasteiger partial charge is 0.428 e. The average molecular weight is 385 g/mol. The number of halogens is 2. The van der Waals surface area contributed by atoms with Gasteiger partial charge in [-0.05, 0) is 6.42 Å². The van der Waals surface area contributed by atoms with Gasteiger partial charge in [0.2, 0.25) is 0 Å². The van der Waals surface area contributed by atoms with Gasteiger partial charge in [-0.1, -0.05) is 84.0 Å². The van der Waals surface area contributed by atoms with Crippen LogP contribution in [0.2, 0.25) is 0 Å². The highest BCUT2D eigenvalue weighted by Gasteiger charge is 2.48. The van der Waals surface area contributed by atoms with Crippen LogP contribution in [0.1, 0.15) is 90.4 Å². The molecular formula is C17H31F2O5S-. The van der Waals surface area contributed by atoms with Crippen LogP contribution in [-0.2, 0) is 19.6 Å². The second-order valence-electron chi connectivity index (χ2n) is 6.35. The maximum absolute atomic E-state index is 12.8. The van der Waals surface area contributed by atoms with Gasteiger partial charge >= 0.3 is 11.2 Å². The van der Waals surface area contributed by atoms with Gasteiger partial charge in [-0.15, -0.1) is 0 Å². The van der Waals surface area contributed by atoms with E-state index in [4.69, 9.17) is 0 Å². The molecule has 0 aromatic rings. The predicted octanol–water partition coefficient (Wildman–Crippen LogP) is 4.76. The molecular weight excluding hydrogens is 354 g/mol. The van der Waals surface area contributed by atoms with E-state index in [9.17, 15) is 26.5 Å². The lowest BCUT2D eigenvalue weighted by molar-refractivity contribution is -0.161. The summed E-state index contributed by atoms with van der Waals surface area (Å²) >= 11 is 0. The van der Waals surface area contributed by atoms with Crippen molar-refractivity contribution in [3.05, 3.63) is 0 Å². The topological polar surface area (TPSA) is 83.5 Å². The number of ether oxygens (including phenoxy) is 1. The lowest BCUT2D eigenvalue weighted by atomic mass is 10.0. The minimum absolute atomic E-state index is 0.304. The van der Waals surface area contributed by atoms with Gasteiger partial charge in [0.25, 0.3) is 0 Å². The third-order valence-electron chi connectivity index (χ3n) is 4.03. The average Bonchev–Trinajstić information content (AvgIpc) is 2.53. The first-order valence-electron chi connectivity index (χ1n) is 9.24. The quantitative estimate of drug-likeness (QED) is 0.217. The lowest BCUT2D eigenvalue weighted by Crippen LogP contribution is -2.39. The molecule has 0 aromatic carbocycles. The van der Waals surface area contributed by atoms with Crippen LogP contribution >= 0.6 is 0 Å². The molecule has 0 rings (SSSR count). The SMILES string of the molecule is CCCCCCCCCCCCCCCOC(=O)C(F)(F)S(=O)(=O)[O-]. The Morgan fingerprint density at radius 2 is 1.20 bits per heavy atom. The molecule has 0 spiro atoms. The number of unbranched alkanes of at least 4 members (excludes halogenated alkanes) is 12. The Morgan fingerprint density at radius 1 is 0.840 bits per heavy atom. The molecule has 0 aliphatic heterocycles. The Hall–Kier alpha value is -0.760. The first kappa shape index (κ1) is 24.2. The van der Waals surface area contributed by atoms with Crippen molar-refractivity contribution >= 4 is 16.1 Å². The highest BCUT2D eigenvalue weighted by molar-refractivity contribution is 7.87. The summed E-state index contributed by atoms with van der Waals surface area (Å²) in [4.78, 5) is 10.9. The third kappa shape index (κ3) is 11.5. The van der Waals surface area contributed by atoms with Gasteiger partial charge in [0.1, 0.15) is 0 Å². The second-order valence-corrected chi connectivity index (χ2v) is 7.77. The molecule has 25 heavy (non-hydrogen) atoms. The highest BCUT2D eigenvalue weighted by Crippen LogP contribution is 2.22. The molecule has 0 radical (unpaired) electrons. The van der Waals surface area contributed by atoms with E-state index in [0.29, 0.717) is 12.8 Å². The number of hydrogen-bond acceptors (Lipinski definition) is 5. The van der Waals surface area contributed by atoms with Gasteiger partial charge < -0.3 is 9.29 Å². The number of hydrogen-bond donors (Lipinski definition) is 0. The number of carbonyl (C=O) groups excluding carboxylic acids is 1. The lowest BCUT2D eigenvalue weighted by Gasteiger charge is -2.17. The summed E-state index contributed by atoms with van der Waals surface area (Å²) in [5.74, 6) is -2.29. The molecule has 5 nitrogen and oxygen atoms in total. The molecule has 8 heteroatoms. The fraction of sp³-hybridized carbons (Fsp3) is 0.941. The van der Waals surface area contributed by atoms with Gasteiger partial charge in [0.05, 0.1) is 6.61 Å². The van der Waals surface area contributed by atoms with Crippen molar-refractivity contribution in [2.24, 2.45) is 0 Å². The first-order valence-corrected chi connectivity index (χ1v) is 10.6. The van der Waals surface area contributed by atoms with Crippen LogP contribution in [0.15, 0.2) is 0 Å². The van der Waals surface area contributed by atoms with Crippen LogP contribution in [0.25, 0.3) is 0 Å². The Labute approximate surface area is 150 Å². The maximum atomic E-state index is 12.8. The molecule has 0 heterocycles. The molecule has 0 amide bonds. The minimum atomic E-state index is -6.03. The molecule has 0 bridgehead atoms. The van der Waals surface area contributed by atoms with Crippen molar-refractivity contribution in [1.29, 1.82) is 0 Å². The fourth-order valence-corrected chi connectivity index (χ4v) is 2.73. The summed E-state index contributed by atoms with van der Waals surface area (Å²) in [7, 11) is -6.03. The predicted molar refractivity (Wildman–Crippen MR) is 91.3 cm³/mol. The summed E-state index contributed by atoms with van der Waals surface area (Å²) in [6.45, 7) is 1.90. The van der Waals surface area contributed by atoms with Gasteiger partial charge in [-0.25, -0.2) is 13.2 Å². The van der Waals surface area contributed by atoms with Crippen molar-refractivity contribution in [1.82, 2.24) is 0 Å². The largest absolute Gasteiger partial charge is 0.743 e. The third-order valence-corrected chi connectivity index (χ3v) is 4.83. The van der Waals surface area contributed by atoms with Gasteiger partial charge in [0.15, 0.2) is 10.1 Å². The molecule has 0 atom stereocenters. The van der Waals surface area contributed by atoms with Gasteiger partial charge in [-0.2, -0.15) is 8.78 Å². The number of carbonyl (C=O) groups is 1. The molecule has 0 fully saturated rings. The van der Waals surface area contributed by atoms with E-state index < -0.39 is 21.3 Å². The fourth-order valence-electron chi connectivity index (χ4n) is 2.47.